The highest BCUT2D eigenvalue weighted by Gasteiger charge is 2.18. The van der Waals surface area contributed by atoms with Gasteiger partial charge in [-0.1, -0.05) is 18.2 Å². The van der Waals surface area contributed by atoms with Crippen LogP contribution in [0.5, 0.6) is 0 Å². The van der Waals surface area contributed by atoms with E-state index in [0.717, 1.165) is 25.1 Å². The van der Waals surface area contributed by atoms with Gasteiger partial charge in [-0.15, -0.1) is 0 Å². The number of hydrazine groups is 1. The lowest BCUT2D eigenvalue weighted by molar-refractivity contribution is -0.140. The minimum absolute atomic E-state index is 0.157. The molecule has 0 fully saturated rings. The molecule has 7 nitrogen and oxygen atoms in total. The number of ether oxygens (including phenoxy) is 1. The molecular weight excluding hydrogens is 340 g/mol. The van der Waals surface area contributed by atoms with Gasteiger partial charge >= 0.3 is 5.97 Å². The fourth-order valence-electron chi connectivity index (χ4n) is 2.70. The summed E-state index contributed by atoms with van der Waals surface area (Å²) in [7, 11) is 1.36. The average molecular weight is 364 g/mol. The number of esters is 1. The molecule has 1 amide bonds. The van der Waals surface area contributed by atoms with Crippen LogP contribution in [0.3, 0.4) is 0 Å². The number of amides is 1. The third kappa shape index (κ3) is 6.22. The van der Waals surface area contributed by atoms with Gasteiger partial charge in [-0.25, -0.2) is 0 Å². The Bertz CT molecular complexity index is 624. The van der Waals surface area contributed by atoms with Crippen molar-refractivity contribution >= 4 is 34.9 Å². The molecule has 0 aliphatic carbocycles. The Morgan fingerprint density at radius 2 is 2.08 bits per heavy atom. The summed E-state index contributed by atoms with van der Waals surface area (Å²) >= 11 is 5.08. The Kier molecular flexibility index (Phi) is 7.46. The van der Waals surface area contributed by atoms with Crippen LogP contribution in [-0.2, 0) is 20.7 Å². The number of nitrogens with one attached hydrogen (secondary N) is 3. The largest absolute Gasteiger partial charge is 0.469 e. The van der Waals surface area contributed by atoms with E-state index in [-0.39, 0.29) is 18.4 Å². The van der Waals surface area contributed by atoms with Crippen molar-refractivity contribution in [3.05, 3.63) is 29.8 Å². The Hall–Kier alpha value is -2.35. The van der Waals surface area contributed by atoms with Crippen molar-refractivity contribution in [2.24, 2.45) is 0 Å². The molecule has 1 heterocycles. The summed E-state index contributed by atoms with van der Waals surface area (Å²) in [5.41, 5.74) is 7.66. The Balaban J connectivity index is 1.67. The summed E-state index contributed by atoms with van der Waals surface area (Å²) in [6, 6.07) is 8.16. The molecule has 0 radical (unpaired) electrons. The monoisotopic (exact) mass is 364 g/mol. The second kappa shape index (κ2) is 9.83. The van der Waals surface area contributed by atoms with Gasteiger partial charge in [-0.3, -0.25) is 20.4 Å². The zero-order valence-electron chi connectivity index (χ0n) is 14.3. The molecule has 136 valence electrons. The number of carbonyl (C=O) groups excluding carboxylic acids is 2. The number of nitrogens with zero attached hydrogens (tertiary/aromatic N) is 1. The molecular formula is C17H24N4O3S. The van der Waals surface area contributed by atoms with Gasteiger partial charge in [0.1, 0.15) is 0 Å². The van der Waals surface area contributed by atoms with Crippen LogP contribution in [0, 0.1) is 0 Å². The van der Waals surface area contributed by atoms with Gasteiger partial charge in [-0.05, 0) is 43.1 Å². The van der Waals surface area contributed by atoms with E-state index >= 15 is 0 Å². The summed E-state index contributed by atoms with van der Waals surface area (Å²) < 4.78 is 4.56. The van der Waals surface area contributed by atoms with E-state index in [1.54, 1.807) is 0 Å². The van der Waals surface area contributed by atoms with Gasteiger partial charge in [0.25, 0.3) is 5.91 Å². The highest BCUT2D eigenvalue weighted by atomic mass is 32.1. The topological polar surface area (TPSA) is 82.7 Å². The summed E-state index contributed by atoms with van der Waals surface area (Å²) in [5.74, 6) is -0.411. The van der Waals surface area contributed by atoms with Crippen LogP contribution in [0.15, 0.2) is 24.3 Å². The maximum Gasteiger partial charge on any atom is 0.305 e. The highest BCUT2D eigenvalue weighted by molar-refractivity contribution is 7.80. The molecule has 0 saturated heterocycles. The molecule has 8 heteroatoms. The minimum atomic E-state index is -0.254. The van der Waals surface area contributed by atoms with Crippen molar-refractivity contribution < 1.29 is 14.3 Å². The Labute approximate surface area is 153 Å². The number of rotatable bonds is 6. The van der Waals surface area contributed by atoms with E-state index in [4.69, 9.17) is 12.2 Å². The van der Waals surface area contributed by atoms with Crippen LogP contribution < -0.4 is 21.1 Å². The number of aryl methyl sites for hydroxylation is 1. The lowest BCUT2D eigenvalue weighted by Crippen LogP contribution is -2.50. The summed E-state index contributed by atoms with van der Waals surface area (Å²) in [5, 5.41) is 3.24. The van der Waals surface area contributed by atoms with Crippen LogP contribution >= 0.6 is 12.2 Å². The molecule has 2 rings (SSSR count). The number of benzene rings is 1. The first-order valence-electron chi connectivity index (χ1n) is 8.32. The first-order chi connectivity index (χ1) is 12.1. The SMILES string of the molecule is COC(=O)CCCNC(=S)NNC(=O)CN1CCCc2ccccc21. The van der Waals surface area contributed by atoms with Gasteiger partial charge < -0.3 is 15.0 Å². The Morgan fingerprint density at radius 1 is 1.28 bits per heavy atom. The summed E-state index contributed by atoms with van der Waals surface area (Å²) in [6.45, 7) is 1.66. The lowest BCUT2D eigenvalue weighted by Gasteiger charge is -2.30. The van der Waals surface area contributed by atoms with E-state index in [0.29, 0.717) is 24.5 Å². The molecule has 1 aromatic rings. The normalized spacial score (nSPS) is 12.8. The van der Waals surface area contributed by atoms with Crippen LogP contribution in [0.4, 0.5) is 5.69 Å². The van der Waals surface area contributed by atoms with E-state index < -0.39 is 0 Å². The smallest absolute Gasteiger partial charge is 0.305 e. The number of hydrogen-bond acceptors (Lipinski definition) is 5. The van der Waals surface area contributed by atoms with Crippen LogP contribution in [-0.4, -0.2) is 43.7 Å². The second-order valence-electron chi connectivity index (χ2n) is 5.76. The molecule has 0 bridgehead atoms. The Morgan fingerprint density at radius 3 is 2.88 bits per heavy atom. The quantitative estimate of drug-likeness (QED) is 0.299. The fraction of sp³-hybridized carbons (Fsp3) is 0.471. The molecule has 1 aliphatic heterocycles. The van der Waals surface area contributed by atoms with Crippen molar-refractivity contribution in [3.8, 4) is 0 Å². The van der Waals surface area contributed by atoms with E-state index in [9.17, 15) is 9.59 Å². The molecule has 0 spiro atoms. The van der Waals surface area contributed by atoms with E-state index in [2.05, 4.69) is 31.9 Å². The number of thiocarbonyl (C=S) groups is 1. The molecule has 0 aromatic heterocycles. The van der Waals surface area contributed by atoms with Gasteiger partial charge in [0.15, 0.2) is 5.11 Å². The van der Waals surface area contributed by atoms with Crippen molar-refractivity contribution in [3.63, 3.8) is 0 Å². The maximum absolute atomic E-state index is 12.1. The van der Waals surface area contributed by atoms with E-state index in [1.807, 2.05) is 18.2 Å². The zero-order valence-corrected chi connectivity index (χ0v) is 15.2. The molecule has 1 aromatic carbocycles. The fourth-order valence-corrected chi connectivity index (χ4v) is 2.85. The highest BCUT2D eigenvalue weighted by Crippen LogP contribution is 2.25. The van der Waals surface area contributed by atoms with Crippen LogP contribution in [0.1, 0.15) is 24.8 Å². The lowest BCUT2D eigenvalue weighted by atomic mass is 10.0. The zero-order chi connectivity index (χ0) is 18.1. The number of methoxy groups -OCH3 is 1. The van der Waals surface area contributed by atoms with Crippen LogP contribution in [0.2, 0.25) is 0 Å². The number of hydrogen-bond donors (Lipinski definition) is 3. The van der Waals surface area contributed by atoms with Crippen molar-refractivity contribution in [1.29, 1.82) is 0 Å². The minimum Gasteiger partial charge on any atom is -0.469 e. The third-order valence-corrected chi connectivity index (χ3v) is 4.17. The summed E-state index contributed by atoms with van der Waals surface area (Å²) in [6.07, 6.45) is 3.02. The second-order valence-corrected chi connectivity index (χ2v) is 6.17. The molecule has 0 atom stereocenters. The molecule has 3 N–H and O–H groups in total. The summed E-state index contributed by atoms with van der Waals surface area (Å²) in [4.78, 5) is 25.2. The third-order valence-electron chi connectivity index (χ3n) is 3.93. The predicted molar refractivity (Wildman–Crippen MR) is 100 cm³/mol. The molecule has 0 saturated carbocycles. The first kappa shape index (κ1) is 19.0. The van der Waals surface area contributed by atoms with Gasteiger partial charge in [0.2, 0.25) is 0 Å². The van der Waals surface area contributed by atoms with Gasteiger partial charge in [0, 0.05) is 25.2 Å². The van der Waals surface area contributed by atoms with E-state index in [1.165, 1.54) is 12.7 Å². The van der Waals surface area contributed by atoms with Crippen molar-refractivity contribution in [2.45, 2.75) is 25.7 Å². The predicted octanol–water partition coefficient (Wildman–Crippen LogP) is 0.888. The van der Waals surface area contributed by atoms with Gasteiger partial charge in [0.05, 0.1) is 13.7 Å². The number of anilines is 1. The number of carbonyl (C=O) groups is 2. The first-order valence-corrected chi connectivity index (χ1v) is 8.73. The van der Waals surface area contributed by atoms with Crippen LogP contribution in [0.25, 0.3) is 0 Å². The molecule has 1 aliphatic rings. The van der Waals surface area contributed by atoms with Crippen molar-refractivity contribution in [2.75, 3.05) is 31.6 Å². The van der Waals surface area contributed by atoms with Crippen molar-refractivity contribution in [1.82, 2.24) is 16.2 Å². The average Bonchev–Trinajstić information content (AvgIpc) is 2.63. The maximum atomic E-state index is 12.1. The number of fused-ring (bicyclic) bond motifs is 1. The molecule has 0 unspecified atom stereocenters. The number of para-hydroxylation sites is 1. The molecule has 25 heavy (non-hydrogen) atoms. The van der Waals surface area contributed by atoms with Gasteiger partial charge in [-0.2, -0.15) is 0 Å². The standard InChI is InChI=1S/C17H24N4O3S/c1-24-16(23)9-4-10-18-17(25)20-19-15(22)12-21-11-5-7-13-6-2-3-8-14(13)21/h2-3,6,8H,4-5,7,9-12H2,1H3,(H,19,22)(H2,18,20,25).